The van der Waals surface area contributed by atoms with Gasteiger partial charge < -0.3 is 29.6 Å². The highest BCUT2D eigenvalue weighted by atomic mass is 16.5. The number of ether oxygens (including phenoxy) is 4. The van der Waals surface area contributed by atoms with E-state index in [9.17, 15) is 0 Å². The lowest BCUT2D eigenvalue weighted by atomic mass is 10.1. The molecule has 0 radical (unpaired) electrons. The molecule has 1 heterocycles. The average Bonchev–Trinajstić information content (AvgIpc) is 2.99. The Morgan fingerprint density at radius 1 is 1.07 bits per heavy atom. The first kappa shape index (κ1) is 21.8. The van der Waals surface area contributed by atoms with E-state index in [0.29, 0.717) is 38.9 Å². The maximum Gasteiger partial charge on any atom is 0.195 e. The fourth-order valence-electron chi connectivity index (χ4n) is 3.18. The molecule has 7 nitrogen and oxygen atoms in total. The van der Waals surface area contributed by atoms with Crippen LogP contribution in [0.5, 0.6) is 17.2 Å². The molecule has 0 unspecified atom stereocenters. The standard InChI is InChI=1S/C23H31N3O4/c1-17-5-7-20(28-3)18(15-17)9-10-24-23(25-11-14-27-2)26-19-6-8-21-22(16-19)30-13-4-12-29-21/h5-8,15-16H,4,9-14H2,1-3H3,(H2,24,25,26). The molecule has 1 aliphatic heterocycles. The zero-order valence-corrected chi connectivity index (χ0v) is 18.0. The largest absolute Gasteiger partial charge is 0.496 e. The molecule has 0 bridgehead atoms. The smallest absolute Gasteiger partial charge is 0.195 e. The van der Waals surface area contributed by atoms with Crippen LogP contribution in [0.25, 0.3) is 0 Å². The minimum absolute atomic E-state index is 0.555. The van der Waals surface area contributed by atoms with Crippen molar-refractivity contribution in [2.45, 2.75) is 19.8 Å². The van der Waals surface area contributed by atoms with Gasteiger partial charge in [0.05, 0.1) is 33.5 Å². The molecular formula is C23H31N3O4. The van der Waals surface area contributed by atoms with Crippen molar-refractivity contribution in [3.05, 3.63) is 47.5 Å². The van der Waals surface area contributed by atoms with Gasteiger partial charge in [-0.05, 0) is 37.1 Å². The maximum absolute atomic E-state index is 5.79. The van der Waals surface area contributed by atoms with Crippen molar-refractivity contribution in [1.82, 2.24) is 5.32 Å². The van der Waals surface area contributed by atoms with Crippen LogP contribution in [-0.2, 0) is 11.2 Å². The van der Waals surface area contributed by atoms with E-state index in [1.165, 1.54) is 5.56 Å². The van der Waals surface area contributed by atoms with Gasteiger partial charge in [0.1, 0.15) is 5.75 Å². The van der Waals surface area contributed by atoms with Crippen LogP contribution < -0.4 is 24.8 Å². The first-order valence-electron chi connectivity index (χ1n) is 10.3. The van der Waals surface area contributed by atoms with Gasteiger partial charge in [0.15, 0.2) is 17.5 Å². The Morgan fingerprint density at radius 2 is 1.90 bits per heavy atom. The van der Waals surface area contributed by atoms with E-state index in [1.54, 1.807) is 14.2 Å². The van der Waals surface area contributed by atoms with Crippen LogP contribution in [0.15, 0.2) is 41.4 Å². The Hall–Kier alpha value is -2.93. The monoisotopic (exact) mass is 413 g/mol. The van der Waals surface area contributed by atoms with Gasteiger partial charge in [-0.25, -0.2) is 0 Å². The zero-order chi connectivity index (χ0) is 21.2. The third-order valence-corrected chi connectivity index (χ3v) is 4.70. The van der Waals surface area contributed by atoms with Crippen LogP contribution in [0.2, 0.25) is 0 Å². The highest BCUT2D eigenvalue weighted by Gasteiger charge is 2.12. The maximum atomic E-state index is 5.79. The van der Waals surface area contributed by atoms with Crippen LogP contribution in [0.3, 0.4) is 0 Å². The van der Waals surface area contributed by atoms with Gasteiger partial charge in [0, 0.05) is 31.8 Å². The number of anilines is 1. The number of hydrogen-bond acceptors (Lipinski definition) is 5. The van der Waals surface area contributed by atoms with Crippen molar-refractivity contribution >= 4 is 11.6 Å². The summed E-state index contributed by atoms with van der Waals surface area (Å²) >= 11 is 0. The Kier molecular flexibility index (Phi) is 8.20. The van der Waals surface area contributed by atoms with Gasteiger partial charge in [-0.1, -0.05) is 17.7 Å². The van der Waals surface area contributed by atoms with Crippen LogP contribution in [0.1, 0.15) is 17.5 Å². The molecule has 0 atom stereocenters. The molecule has 2 aromatic rings. The Bertz CT molecular complexity index is 854. The Morgan fingerprint density at radius 3 is 2.70 bits per heavy atom. The number of guanidine groups is 1. The van der Waals surface area contributed by atoms with E-state index < -0.39 is 0 Å². The first-order chi connectivity index (χ1) is 14.7. The van der Waals surface area contributed by atoms with Gasteiger partial charge in [0.2, 0.25) is 0 Å². The summed E-state index contributed by atoms with van der Waals surface area (Å²) in [5.41, 5.74) is 3.26. The highest BCUT2D eigenvalue weighted by Crippen LogP contribution is 2.32. The van der Waals surface area contributed by atoms with E-state index in [0.717, 1.165) is 41.3 Å². The molecule has 0 aromatic heterocycles. The molecule has 0 saturated carbocycles. The number of hydrogen-bond donors (Lipinski definition) is 2. The fourth-order valence-corrected chi connectivity index (χ4v) is 3.18. The molecular weight excluding hydrogens is 382 g/mol. The summed E-state index contributed by atoms with van der Waals surface area (Å²) in [5.74, 6) is 3.11. The summed E-state index contributed by atoms with van der Waals surface area (Å²) in [7, 11) is 3.37. The molecule has 30 heavy (non-hydrogen) atoms. The summed E-state index contributed by atoms with van der Waals surface area (Å²) in [6.07, 6.45) is 1.70. The molecule has 2 aromatic carbocycles. The van der Waals surface area contributed by atoms with Crippen LogP contribution in [-0.4, -0.2) is 53.1 Å². The number of aliphatic imine (C=N–C) groups is 1. The lowest BCUT2D eigenvalue weighted by Gasteiger charge is -2.15. The molecule has 0 fully saturated rings. The van der Waals surface area contributed by atoms with Crippen molar-refractivity contribution in [2.75, 3.05) is 52.4 Å². The molecule has 0 amide bonds. The third kappa shape index (κ3) is 6.29. The lowest BCUT2D eigenvalue weighted by Crippen LogP contribution is -2.33. The summed E-state index contributed by atoms with van der Waals surface area (Å²) in [6, 6.07) is 12.0. The van der Waals surface area contributed by atoms with Gasteiger partial charge >= 0.3 is 0 Å². The second-order valence-corrected chi connectivity index (χ2v) is 7.05. The van der Waals surface area contributed by atoms with Crippen molar-refractivity contribution in [3.63, 3.8) is 0 Å². The predicted molar refractivity (Wildman–Crippen MR) is 119 cm³/mol. The molecule has 3 rings (SSSR count). The van der Waals surface area contributed by atoms with E-state index in [-0.39, 0.29) is 0 Å². The van der Waals surface area contributed by atoms with Gasteiger partial charge in [-0.15, -0.1) is 0 Å². The van der Waals surface area contributed by atoms with Crippen molar-refractivity contribution < 1.29 is 18.9 Å². The number of fused-ring (bicyclic) bond motifs is 1. The molecule has 0 aliphatic carbocycles. The SMILES string of the molecule is COCCN=C(NCCc1cc(C)ccc1OC)Nc1ccc2c(c1)OCCCO2. The normalized spacial score (nSPS) is 13.5. The number of benzene rings is 2. The average molecular weight is 414 g/mol. The Labute approximate surface area is 178 Å². The minimum atomic E-state index is 0.555. The molecule has 0 spiro atoms. The van der Waals surface area contributed by atoms with E-state index in [1.807, 2.05) is 24.3 Å². The quantitative estimate of drug-likeness (QED) is 0.393. The fraction of sp³-hybridized carbons (Fsp3) is 0.435. The van der Waals surface area contributed by atoms with Crippen molar-refractivity contribution in [1.29, 1.82) is 0 Å². The summed E-state index contributed by atoms with van der Waals surface area (Å²) in [6.45, 7) is 5.24. The van der Waals surface area contributed by atoms with E-state index >= 15 is 0 Å². The Balaban J connectivity index is 1.65. The van der Waals surface area contributed by atoms with Crippen LogP contribution in [0, 0.1) is 6.92 Å². The first-order valence-corrected chi connectivity index (χ1v) is 10.3. The second-order valence-electron chi connectivity index (χ2n) is 7.05. The van der Waals surface area contributed by atoms with Crippen molar-refractivity contribution in [2.24, 2.45) is 4.99 Å². The van der Waals surface area contributed by atoms with Gasteiger partial charge in [-0.2, -0.15) is 0 Å². The summed E-state index contributed by atoms with van der Waals surface area (Å²) in [5, 5.41) is 6.75. The number of rotatable bonds is 8. The zero-order valence-electron chi connectivity index (χ0n) is 18.0. The van der Waals surface area contributed by atoms with Crippen LogP contribution in [0.4, 0.5) is 5.69 Å². The number of methoxy groups -OCH3 is 2. The third-order valence-electron chi connectivity index (χ3n) is 4.70. The molecule has 0 saturated heterocycles. The van der Waals surface area contributed by atoms with Gasteiger partial charge in [-0.3, -0.25) is 4.99 Å². The lowest BCUT2D eigenvalue weighted by molar-refractivity contribution is 0.208. The van der Waals surface area contributed by atoms with Crippen molar-refractivity contribution in [3.8, 4) is 17.2 Å². The number of nitrogens with zero attached hydrogens (tertiary/aromatic N) is 1. The number of nitrogens with one attached hydrogen (secondary N) is 2. The predicted octanol–water partition coefficient (Wildman–Crippen LogP) is 3.41. The molecule has 1 aliphatic rings. The highest BCUT2D eigenvalue weighted by molar-refractivity contribution is 5.94. The van der Waals surface area contributed by atoms with E-state index in [2.05, 4.69) is 34.7 Å². The molecule has 162 valence electrons. The van der Waals surface area contributed by atoms with Gasteiger partial charge in [0.25, 0.3) is 0 Å². The minimum Gasteiger partial charge on any atom is -0.496 e. The van der Waals surface area contributed by atoms with Crippen LogP contribution >= 0.6 is 0 Å². The summed E-state index contributed by atoms with van der Waals surface area (Å²) in [4.78, 5) is 4.60. The summed E-state index contributed by atoms with van der Waals surface area (Å²) < 4.78 is 22.1. The number of aryl methyl sites for hydroxylation is 1. The molecule has 2 N–H and O–H groups in total. The topological polar surface area (TPSA) is 73.3 Å². The van der Waals surface area contributed by atoms with E-state index in [4.69, 9.17) is 18.9 Å². The molecule has 7 heteroatoms. The second kappa shape index (κ2) is 11.3.